The molecule has 1 aliphatic rings. The summed E-state index contributed by atoms with van der Waals surface area (Å²) in [5, 5.41) is 2.95. The third-order valence-electron chi connectivity index (χ3n) is 4.88. The molecular weight excluding hydrogens is 388 g/mol. The van der Waals surface area contributed by atoms with E-state index in [4.69, 9.17) is 9.47 Å². The topological polar surface area (TPSA) is 67.9 Å². The minimum Gasteiger partial charge on any atom is -0.497 e. The van der Waals surface area contributed by atoms with Crippen LogP contribution in [0, 0.1) is 0 Å². The number of ether oxygens (including phenoxy) is 2. The van der Waals surface area contributed by atoms with E-state index in [9.17, 15) is 9.59 Å². The van der Waals surface area contributed by atoms with E-state index in [1.165, 1.54) is 0 Å². The fourth-order valence-corrected chi connectivity index (χ4v) is 4.35. The van der Waals surface area contributed by atoms with Crippen LogP contribution < -0.4 is 19.7 Å². The number of fused-ring (bicyclic) bond motifs is 1. The lowest BCUT2D eigenvalue weighted by atomic mass is 10.1. The van der Waals surface area contributed by atoms with E-state index in [-0.39, 0.29) is 30.7 Å². The number of hydrogen-bond donors (Lipinski definition) is 1. The van der Waals surface area contributed by atoms with Gasteiger partial charge in [-0.2, -0.15) is 0 Å². The Bertz CT molecular complexity index is 887. The second-order valence-corrected chi connectivity index (χ2v) is 7.90. The summed E-state index contributed by atoms with van der Waals surface area (Å²) in [5.41, 5.74) is 1.79. The van der Waals surface area contributed by atoms with E-state index in [1.807, 2.05) is 43.3 Å². The van der Waals surface area contributed by atoms with Crippen LogP contribution in [0.3, 0.4) is 0 Å². The molecule has 1 heterocycles. The molecule has 0 spiro atoms. The quantitative estimate of drug-likeness (QED) is 0.746. The van der Waals surface area contributed by atoms with Crippen molar-refractivity contribution in [3.05, 3.63) is 48.0 Å². The number of hydrogen-bond acceptors (Lipinski definition) is 5. The van der Waals surface area contributed by atoms with Crippen molar-refractivity contribution in [2.75, 3.05) is 31.4 Å². The molecule has 154 valence electrons. The lowest BCUT2D eigenvalue weighted by Gasteiger charge is -2.29. The summed E-state index contributed by atoms with van der Waals surface area (Å²) in [4.78, 5) is 28.0. The fourth-order valence-electron chi connectivity index (χ4n) is 3.35. The van der Waals surface area contributed by atoms with Gasteiger partial charge >= 0.3 is 0 Å². The minimum atomic E-state index is -0.245. The van der Waals surface area contributed by atoms with Gasteiger partial charge in [0.25, 0.3) is 0 Å². The molecule has 1 atom stereocenters. The molecule has 0 radical (unpaired) electrons. The first kappa shape index (κ1) is 21.0. The zero-order valence-electron chi connectivity index (χ0n) is 16.9. The number of amides is 2. The smallest absolute Gasteiger partial charge is 0.227 e. The second-order valence-electron chi connectivity index (χ2n) is 6.76. The molecule has 2 aromatic rings. The predicted molar refractivity (Wildman–Crippen MR) is 115 cm³/mol. The first-order chi connectivity index (χ1) is 14.0. The summed E-state index contributed by atoms with van der Waals surface area (Å²) in [5.74, 6) is 2.01. The van der Waals surface area contributed by atoms with E-state index in [1.54, 1.807) is 36.9 Å². The number of rotatable bonds is 7. The van der Waals surface area contributed by atoms with Crippen molar-refractivity contribution in [2.45, 2.75) is 30.7 Å². The zero-order valence-corrected chi connectivity index (χ0v) is 17.8. The van der Waals surface area contributed by atoms with E-state index >= 15 is 0 Å². The molecule has 0 saturated carbocycles. The maximum atomic E-state index is 12.7. The number of nitrogens with one attached hydrogen (secondary N) is 1. The van der Waals surface area contributed by atoms with E-state index < -0.39 is 0 Å². The Kier molecular flexibility index (Phi) is 7.04. The Morgan fingerprint density at radius 2 is 1.93 bits per heavy atom. The Morgan fingerprint density at radius 3 is 2.69 bits per heavy atom. The Morgan fingerprint density at radius 1 is 1.14 bits per heavy atom. The van der Waals surface area contributed by atoms with Crippen molar-refractivity contribution < 1.29 is 19.1 Å². The van der Waals surface area contributed by atoms with Gasteiger partial charge in [0.2, 0.25) is 11.8 Å². The minimum absolute atomic E-state index is 0.0254. The summed E-state index contributed by atoms with van der Waals surface area (Å²) in [6, 6.07) is 13.1. The summed E-state index contributed by atoms with van der Waals surface area (Å²) in [7, 11) is 3.18. The number of carbonyl (C=O) groups is 2. The number of benzene rings is 2. The number of nitrogens with zero attached hydrogens (tertiary/aromatic N) is 1. The standard InChI is InChI=1S/C22H26N2O4S/c1-15(17-9-8-16(27-2)14-19(17)28-3)23-21(25)10-11-22(26)24-12-13-29-20-7-5-4-6-18(20)24/h4-9,14-15H,10-13H2,1-3H3,(H,23,25). The summed E-state index contributed by atoms with van der Waals surface area (Å²) in [6.45, 7) is 2.56. The lowest BCUT2D eigenvalue weighted by molar-refractivity contribution is -0.125. The molecule has 2 aromatic carbocycles. The third-order valence-corrected chi connectivity index (χ3v) is 5.92. The highest BCUT2D eigenvalue weighted by Crippen LogP contribution is 2.34. The van der Waals surface area contributed by atoms with Crippen molar-refractivity contribution in [2.24, 2.45) is 0 Å². The number of thioether (sulfide) groups is 1. The first-order valence-corrected chi connectivity index (χ1v) is 10.6. The van der Waals surface area contributed by atoms with Gasteiger partial charge in [0.15, 0.2) is 0 Å². The molecular formula is C22H26N2O4S. The molecule has 7 heteroatoms. The summed E-state index contributed by atoms with van der Waals surface area (Å²) < 4.78 is 10.6. The first-order valence-electron chi connectivity index (χ1n) is 9.57. The van der Waals surface area contributed by atoms with E-state index in [0.29, 0.717) is 18.0 Å². The molecule has 1 aliphatic heterocycles. The van der Waals surface area contributed by atoms with Crippen LogP contribution in [0.2, 0.25) is 0 Å². The largest absolute Gasteiger partial charge is 0.497 e. The SMILES string of the molecule is COc1ccc(C(C)NC(=O)CCC(=O)N2CCSc3ccccc32)c(OC)c1. The average molecular weight is 415 g/mol. The normalized spacial score (nSPS) is 14.0. The van der Waals surface area contributed by atoms with Crippen LogP contribution in [0.25, 0.3) is 0 Å². The molecule has 0 saturated heterocycles. The number of para-hydroxylation sites is 1. The lowest BCUT2D eigenvalue weighted by Crippen LogP contribution is -2.36. The van der Waals surface area contributed by atoms with Crippen LogP contribution in [-0.4, -0.2) is 38.3 Å². The maximum Gasteiger partial charge on any atom is 0.227 e. The number of methoxy groups -OCH3 is 2. The van der Waals surface area contributed by atoms with Gasteiger partial charge < -0.3 is 19.7 Å². The highest BCUT2D eigenvalue weighted by molar-refractivity contribution is 7.99. The van der Waals surface area contributed by atoms with Gasteiger partial charge in [-0.15, -0.1) is 11.8 Å². The third kappa shape index (κ3) is 5.03. The van der Waals surface area contributed by atoms with Crippen LogP contribution in [0.1, 0.15) is 31.4 Å². The van der Waals surface area contributed by atoms with Crippen LogP contribution in [-0.2, 0) is 9.59 Å². The van der Waals surface area contributed by atoms with Gasteiger partial charge in [0, 0.05) is 41.7 Å². The van der Waals surface area contributed by atoms with Crippen LogP contribution in [0.5, 0.6) is 11.5 Å². The fraction of sp³-hybridized carbons (Fsp3) is 0.364. The molecule has 3 rings (SSSR count). The maximum absolute atomic E-state index is 12.7. The molecule has 6 nitrogen and oxygen atoms in total. The monoisotopic (exact) mass is 414 g/mol. The molecule has 0 aromatic heterocycles. The summed E-state index contributed by atoms with van der Waals surface area (Å²) >= 11 is 1.75. The molecule has 29 heavy (non-hydrogen) atoms. The highest BCUT2D eigenvalue weighted by atomic mass is 32.2. The van der Waals surface area contributed by atoms with Gasteiger partial charge in [-0.3, -0.25) is 9.59 Å². The molecule has 0 bridgehead atoms. The average Bonchev–Trinajstić information content (AvgIpc) is 2.76. The Hall–Kier alpha value is -2.67. The van der Waals surface area contributed by atoms with Crippen LogP contribution >= 0.6 is 11.8 Å². The van der Waals surface area contributed by atoms with Gasteiger partial charge in [0.05, 0.1) is 25.9 Å². The van der Waals surface area contributed by atoms with Crippen molar-refractivity contribution >= 4 is 29.3 Å². The molecule has 0 aliphatic carbocycles. The zero-order chi connectivity index (χ0) is 20.8. The Labute approximate surface area is 175 Å². The molecule has 1 unspecified atom stereocenters. The number of carbonyl (C=O) groups excluding carboxylic acids is 2. The van der Waals surface area contributed by atoms with Crippen LogP contribution in [0.4, 0.5) is 5.69 Å². The van der Waals surface area contributed by atoms with Crippen molar-refractivity contribution in [1.29, 1.82) is 0 Å². The summed E-state index contributed by atoms with van der Waals surface area (Å²) in [6.07, 6.45) is 0.324. The number of anilines is 1. The van der Waals surface area contributed by atoms with Gasteiger partial charge in [-0.25, -0.2) is 0 Å². The van der Waals surface area contributed by atoms with Crippen molar-refractivity contribution in [1.82, 2.24) is 5.32 Å². The molecule has 1 N–H and O–H groups in total. The van der Waals surface area contributed by atoms with E-state index in [0.717, 1.165) is 21.9 Å². The van der Waals surface area contributed by atoms with Gasteiger partial charge in [-0.05, 0) is 31.2 Å². The van der Waals surface area contributed by atoms with Crippen molar-refractivity contribution in [3.63, 3.8) is 0 Å². The second kappa shape index (κ2) is 9.69. The molecule has 2 amide bonds. The van der Waals surface area contributed by atoms with Crippen LogP contribution in [0.15, 0.2) is 47.4 Å². The van der Waals surface area contributed by atoms with E-state index in [2.05, 4.69) is 5.32 Å². The Balaban J connectivity index is 1.57. The van der Waals surface area contributed by atoms with Crippen molar-refractivity contribution in [3.8, 4) is 11.5 Å². The van der Waals surface area contributed by atoms with Gasteiger partial charge in [0.1, 0.15) is 11.5 Å². The van der Waals surface area contributed by atoms with Gasteiger partial charge in [-0.1, -0.05) is 12.1 Å². The predicted octanol–water partition coefficient (Wildman–Crippen LogP) is 3.80. The molecule has 0 fully saturated rings. The highest BCUT2D eigenvalue weighted by Gasteiger charge is 2.23.